The van der Waals surface area contributed by atoms with Gasteiger partial charge in [0.15, 0.2) is 0 Å². The normalized spacial score (nSPS) is 19.3. The highest BCUT2D eigenvalue weighted by atomic mass is 19.1. The second-order valence-corrected chi connectivity index (χ2v) is 6.40. The van der Waals surface area contributed by atoms with Gasteiger partial charge < -0.3 is 9.42 Å². The van der Waals surface area contributed by atoms with Crippen LogP contribution in [-0.4, -0.2) is 34.0 Å². The number of halogens is 1. The van der Waals surface area contributed by atoms with Gasteiger partial charge in [-0.3, -0.25) is 4.79 Å². The van der Waals surface area contributed by atoms with Gasteiger partial charge in [0.25, 0.3) is 0 Å². The highest BCUT2D eigenvalue weighted by Crippen LogP contribution is 2.28. The van der Waals surface area contributed by atoms with Crippen molar-refractivity contribution in [3.8, 4) is 11.4 Å². The second-order valence-electron chi connectivity index (χ2n) is 6.40. The fraction of sp³-hybridized carbons (Fsp3) is 0.500. The fourth-order valence-corrected chi connectivity index (χ4v) is 2.98. The molecule has 1 aromatic heterocycles. The van der Waals surface area contributed by atoms with Crippen molar-refractivity contribution in [2.75, 3.05) is 13.1 Å². The average Bonchev–Trinajstić information content (AvgIpc) is 3.11. The van der Waals surface area contributed by atoms with Crippen LogP contribution in [0.2, 0.25) is 0 Å². The molecule has 0 saturated carbocycles. The Bertz CT molecular complexity index is 699. The molecular weight excluding hydrogens is 309 g/mol. The molecule has 1 saturated heterocycles. The maximum absolute atomic E-state index is 13.0. The highest BCUT2D eigenvalue weighted by Gasteiger charge is 2.30. The molecule has 1 fully saturated rings. The predicted octanol–water partition coefficient (Wildman–Crippen LogP) is 3.63. The number of aromatic nitrogens is 2. The van der Waals surface area contributed by atoms with E-state index in [0.29, 0.717) is 18.3 Å². The van der Waals surface area contributed by atoms with Gasteiger partial charge in [-0.15, -0.1) is 0 Å². The molecule has 3 rings (SSSR count). The molecule has 0 aliphatic carbocycles. The van der Waals surface area contributed by atoms with Gasteiger partial charge in [0, 0.05) is 24.6 Å². The molecule has 1 amide bonds. The van der Waals surface area contributed by atoms with Crippen molar-refractivity contribution >= 4 is 5.91 Å². The van der Waals surface area contributed by atoms with Gasteiger partial charge in [-0.25, -0.2) is 4.39 Å². The first kappa shape index (κ1) is 16.6. The lowest BCUT2D eigenvalue weighted by Crippen LogP contribution is -2.41. The highest BCUT2D eigenvalue weighted by molar-refractivity contribution is 5.78. The quantitative estimate of drug-likeness (QED) is 0.858. The van der Waals surface area contributed by atoms with Crippen LogP contribution in [0.4, 0.5) is 4.39 Å². The number of rotatable bonds is 4. The lowest BCUT2D eigenvalue weighted by atomic mass is 9.96. The molecule has 2 heterocycles. The van der Waals surface area contributed by atoms with Crippen LogP contribution in [0.15, 0.2) is 28.8 Å². The van der Waals surface area contributed by atoms with Crippen molar-refractivity contribution in [3.63, 3.8) is 0 Å². The maximum atomic E-state index is 13.0. The number of benzene rings is 1. The van der Waals surface area contributed by atoms with Crippen molar-refractivity contribution in [2.45, 2.75) is 39.0 Å². The van der Waals surface area contributed by atoms with Crippen molar-refractivity contribution in [3.05, 3.63) is 36.0 Å². The summed E-state index contributed by atoms with van der Waals surface area (Å²) in [6.07, 6.45) is 2.70. The van der Waals surface area contributed by atoms with E-state index in [1.54, 1.807) is 12.1 Å². The molecule has 5 nitrogen and oxygen atoms in total. The molecule has 1 aliphatic rings. The Balaban J connectivity index is 1.72. The van der Waals surface area contributed by atoms with Crippen molar-refractivity contribution < 1.29 is 13.7 Å². The van der Waals surface area contributed by atoms with E-state index in [4.69, 9.17) is 4.52 Å². The van der Waals surface area contributed by atoms with Crippen molar-refractivity contribution in [1.82, 2.24) is 15.0 Å². The molecule has 2 atom stereocenters. The minimum absolute atomic E-state index is 0.0428. The molecule has 0 N–H and O–H groups in total. The van der Waals surface area contributed by atoms with Crippen LogP contribution in [0.3, 0.4) is 0 Å². The number of hydrogen-bond donors (Lipinski definition) is 0. The van der Waals surface area contributed by atoms with Crippen LogP contribution < -0.4 is 0 Å². The predicted molar refractivity (Wildman–Crippen MR) is 87.7 cm³/mol. The van der Waals surface area contributed by atoms with Crippen LogP contribution in [0.25, 0.3) is 11.4 Å². The number of likely N-dealkylation sites (tertiary alicyclic amines) is 1. The number of piperidine rings is 1. The van der Waals surface area contributed by atoms with Crippen LogP contribution in [0.1, 0.15) is 44.9 Å². The van der Waals surface area contributed by atoms with E-state index in [-0.39, 0.29) is 23.6 Å². The van der Waals surface area contributed by atoms with Gasteiger partial charge in [-0.1, -0.05) is 19.0 Å². The zero-order valence-corrected chi connectivity index (χ0v) is 14.0. The SMILES string of the molecule is CC[C@@H](C)C(=O)N1CCC[C@H](c2nc(-c3ccc(F)cc3)no2)C1. The Kier molecular flexibility index (Phi) is 4.92. The van der Waals surface area contributed by atoms with E-state index >= 15 is 0 Å². The van der Waals surface area contributed by atoms with Gasteiger partial charge in [0.05, 0.1) is 5.92 Å². The Hall–Kier alpha value is -2.24. The number of nitrogens with zero attached hydrogens (tertiary/aromatic N) is 3. The summed E-state index contributed by atoms with van der Waals surface area (Å²) >= 11 is 0. The van der Waals surface area contributed by atoms with E-state index in [2.05, 4.69) is 10.1 Å². The van der Waals surface area contributed by atoms with Gasteiger partial charge in [-0.2, -0.15) is 4.98 Å². The summed E-state index contributed by atoms with van der Waals surface area (Å²) in [4.78, 5) is 18.7. The Labute approximate surface area is 140 Å². The van der Waals surface area contributed by atoms with Gasteiger partial charge in [0.1, 0.15) is 5.82 Å². The summed E-state index contributed by atoms with van der Waals surface area (Å²) in [5.74, 6) is 1.01. The van der Waals surface area contributed by atoms with E-state index in [9.17, 15) is 9.18 Å². The number of hydrogen-bond acceptors (Lipinski definition) is 4. The summed E-state index contributed by atoms with van der Waals surface area (Å²) < 4.78 is 18.4. The topological polar surface area (TPSA) is 59.2 Å². The average molecular weight is 331 g/mol. The number of carbonyl (C=O) groups is 1. The first-order valence-corrected chi connectivity index (χ1v) is 8.46. The molecule has 0 bridgehead atoms. The maximum Gasteiger partial charge on any atom is 0.231 e. The Morgan fingerprint density at radius 1 is 1.42 bits per heavy atom. The van der Waals surface area contributed by atoms with E-state index in [1.807, 2.05) is 18.7 Å². The first-order valence-electron chi connectivity index (χ1n) is 8.46. The van der Waals surface area contributed by atoms with E-state index in [1.165, 1.54) is 12.1 Å². The summed E-state index contributed by atoms with van der Waals surface area (Å²) in [6.45, 7) is 5.40. The molecule has 6 heteroatoms. The van der Waals surface area contributed by atoms with Crippen LogP contribution in [0.5, 0.6) is 0 Å². The van der Waals surface area contributed by atoms with Gasteiger partial charge >= 0.3 is 0 Å². The summed E-state index contributed by atoms with van der Waals surface area (Å²) in [5, 5.41) is 4.00. The minimum Gasteiger partial charge on any atom is -0.342 e. The van der Waals surface area contributed by atoms with E-state index in [0.717, 1.165) is 31.4 Å². The molecule has 2 aromatic rings. The molecular formula is C18H22FN3O2. The van der Waals surface area contributed by atoms with Crippen molar-refractivity contribution in [1.29, 1.82) is 0 Å². The first-order chi connectivity index (χ1) is 11.6. The third-order valence-corrected chi connectivity index (χ3v) is 4.66. The van der Waals surface area contributed by atoms with Gasteiger partial charge in [0.2, 0.25) is 17.6 Å². The molecule has 1 aromatic carbocycles. The number of amides is 1. The lowest BCUT2D eigenvalue weighted by molar-refractivity contribution is -0.136. The zero-order chi connectivity index (χ0) is 17.1. The van der Waals surface area contributed by atoms with Crippen LogP contribution in [0, 0.1) is 11.7 Å². The third-order valence-electron chi connectivity index (χ3n) is 4.66. The Morgan fingerprint density at radius 3 is 2.88 bits per heavy atom. The monoisotopic (exact) mass is 331 g/mol. The van der Waals surface area contributed by atoms with Crippen molar-refractivity contribution in [2.24, 2.45) is 5.92 Å². The van der Waals surface area contributed by atoms with Crippen LogP contribution >= 0.6 is 0 Å². The zero-order valence-electron chi connectivity index (χ0n) is 14.0. The molecule has 0 unspecified atom stereocenters. The van der Waals surface area contributed by atoms with Crippen LogP contribution in [-0.2, 0) is 4.79 Å². The standard InChI is InChI=1S/C18H22FN3O2/c1-3-12(2)18(23)22-10-4-5-14(11-22)17-20-16(21-24-17)13-6-8-15(19)9-7-13/h6-9,12,14H,3-5,10-11H2,1-2H3/t12-,14+/m1/s1. The molecule has 24 heavy (non-hydrogen) atoms. The molecule has 1 aliphatic heterocycles. The van der Waals surface area contributed by atoms with E-state index < -0.39 is 0 Å². The Morgan fingerprint density at radius 2 is 2.17 bits per heavy atom. The minimum atomic E-state index is -0.297. The van der Waals surface area contributed by atoms with Gasteiger partial charge in [-0.05, 0) is 43.5 Å². The molecule has 0 radical (unpaired) electrons. The fourth-order valence-electron chi connectivity index (χ4n) is 2.98. The largest absolute Gasteiger partial charge is 0.342 e. The lowest BCUT2D eigenvalue weighted by Gasteiger charge is -2.32. The summed E-state index contributed by atoms with van der Waals surface area (Å²) in [7, 11) is 0. The number of carbonyl (C=O) groups excluding carboxylic acids is 1. The summed E-state index contributed by atoms with van der Waals surface area (Å²) in [6, 6.07) is 6.00. The second kappa shape index (κ2) is 7.11. The smallest absolute Gasteiger partial charge is 0.231 e. The summed E-state index contributed by atoms with van der Waals surface area (Å²) in [5.41, 5.74) is 0.717. The molecule has 0 spiro atoms. The molecule has 128 valence electrons. The third kappa shape index (κ3) is 3.47.